The van der Waals surface area contributed by atoms with Gasteiger partial charge in [-0.15, -0.1) is 0 Å². The zero-order chi connectivity index (χ0) is 11.5. The van der Waals surface area contributed by atoms with E-state index in [2.05, 4.69) is 5.10 Å². The maximum atomic E-state index is 11.7. The first-order valence-corrected chi connectivity index (χ1v) is 5.49. The minimum Gasteiger partial charge on any atom is -0.385 e. The van der Waals surface area contributed by atoms with Crippen LogP contribution in [0.5, 0.6) is 0 Å². The number of hydrogen-bond acceptors (Lipinski definition) is 4. The summed E-state index contributed by atoms with van der Waals surface area (Å²) in [6, 6.07) is 1.55. The number of H-pyrrole nitrogens is 1. The van der Waals surface area contributed by atoms with Crippen LogP contribution in [-0.2, 0) is 4.74 Å². The van der Waals surface area contributed by atoms with Crippen LogP contribution < -0.4 is 11.3 Å². The van der Waals surface area contributed by atoms with Crippen molar-refractivity contribution in [3.05, 3.63) is 22.1 Å². The summed E-state index contributed by atoms with van der Waals surface area (Å²) in [5.74, 6) is 0. The molecule has 6 nitrogen and oxygen atoms in total. The Labute approximate surface area is 93.0 Å². The molecule has 0 bridgehead atoms. The van der Waals surface area contributed by atoms with Crippen LogP contribution in [0.2, 0.25) is 0 Å². The summed E-state index contributed by atoms with van der Waals surface area (Å²) < 4.78 is 6.80. The Balaban J connectivity index is 2.20. The molecule has 0 aliphatic carbocycles. The number of rotatable bonds is 3. The molecule has 0 saturated carbocycles. The Bertz CT molecular complexity index is 392. The van der Waals surface area contributed by atoms with Gasteiger partial charge in [-0.2, -0.15) is 0 Å². The van der Waals surface area contributed by atoms with Gasteiger partial charge in [-0.05, 0) is 12.8 Å². The second-order valence-corrected chi connectivity index (χ2v) is 4.01. The van der Waals surface area contributed by atoms with Crippen LogP contribution in [0.3, 0.4) is 0 Å². The van der Waals surface area contributed by atoms with E-state index >= 15 is 0 Å². The number of aromatic amines is 1. The van der Waals surface area contributed by atoms with Gasteiger partial charge in [-0.3, -0.25) is 9.89 Å². The highest BCUT2D eigenvalue weighted by Gasteiger charge is 2.19. The van der Waals surface area contributed by atoms with Crippen LogP contribution in [0.25, 0.3) is 0 Å². The smallest absolute Gasteiger partial charge is 0.267 e. The van der Waals surface area contributed by atoms with Crippen LogP contribution in [0.4, 0.5) is 0 Å². The van der Waals surface area contributed by atoms with Crippen molar-refractivity contribution in [2.75, 3.05) is 19.8 Å². The molecule has 0 aromatic carbocycles. The van der Waals surface area contributed by atoms with Gasteiger partial charge in [0, 0.05) is 25.8 Å². The lowest BCUT2D eigenvalue weighted by Gasteiger charge is -2.22. The first-order valence-electron chi connectivity index (χ1n) is 5.49. The van der Waals surface area contributed by atoms with Gasteiger partial charge in [0.15, 0.2) is 0 Å². The van der Waals surface area contributed by atoms with Crippen molar-refractivity contribution in [3.63, 3.8) is 0 Å². The molecule has 1 unspecified atom stereocenters. The van der Waals surface area contributed by atoms with Crippen LogP contribution in [0, 0.1) is 0 Å². The van der Waals surface area contributed by atoms with Crippen molar-refractivity contribution >= 4 is 0 Å². The summed E-state index contributed by atoms with van der Waals surface area (Å²) in [5, 5.41) is 12.5. The number of nitrogens with zero attached hydrogens (tertiary/aromatic N) is 1. The highest BCUT2D eigenvalue weighted by atomic mass is 16.5. The highest BCUT2D eigenvalue weighted by molar-refractivity contribution is 5.04. The fraction of sp³-hybridized carbons (Fsp3) is 0.700. The number of nitrogens with one attached hydrogen (secondary N) is 1. The minimum atomic E-state index is -0.797. The van der Waals surface area contributed by atoms with E-state index in [0.717, 1.165) is 12.8 Å². The predicted molar refractivity (Wildman–Crippen MR) is 58.2 cm³/mol. The highest BCUT2D eigenvalue weighted by Crippen LogP contribution is 2.19. The first kappa shape index (κ1) is 11.4. The molecule has 90 valence electrons. The largest absolute Gasteiger partial charge is 0.385 e. The number of ether oxygens (including phenoxy) is 1. The number of aromatic nitrogens is 2. The molecular formula is C10H17N3O3. The molecule has 0 spiro atoms. The van der Waals surface area contributed by atoms with Gasteiger partial charge in [-0.1, -0.05) is 0 Å². The van der Waals surface area contributed by atoms with Crippen LogP contribution in [0.1, 0.15) is 30.7 Å². The van der Waals surface area contributed by atoms with Crippen molar-refractivity contribution in [2.24, 2.45) is 5.73 Å². The van der Waals surface area contributed by atoms with Gasteiger partial charge in [0.25, 0.3) is 5.56 Å². The molecule has 0 radical (unpaired) electrons. The van der Waals surface area contributed by atoms with Crippen molar-refractivity contribution in [1.29, 1.82) is 0 Å². The van der Waals surface area contributed by atoms with E-state index < -0.39 is 6.10 Å². The molecule has 4 N–H and O–H groups in total. The number of nitrogens with two attached hydrogens (primary N) is 1. The van der Waals surface area contributed by atoms with Gasteiger partial charge in [-0.25, -0.2) is 4.68 Å². The van der Waals surface area contributed by atoms with E-state index in [0.29, 0.717) is 18.9 Å². The van der Waals surface area contributed by atoms with E-state index in [1.54, 1.807) is 4.68 Å². The van der Waals surface area contributed by atoms with Crippen LogP contribution in [0.15, 0.2) is 10.9 Å². The van der Waals surface area contributed by atoms with E-state index in [4.69, 9.17) is 10.5 Å². The Morgan fingerprint density at radius 2 is 2.31 bits per heavy atom. The Hall–Kier alpha value is -1.11. The van der Waals surface area contributed by atoms with E-state index in [1.165, 1.54) is 6.07 Å². The van der Waals surface area contributed by atoms with Crippen molar-refractivity contribution in [3.8, 4) is 0 Å². The van der Waals surface area contributed by atoms with E-state index in [-0.39, 0.29) is 18.1 Å². The standard InChI is InChI=1S/C10H17N3O3/c11-6-9(14)8-5-10(15)13(12-8)7-1-3-16-4-2-7/h5,7,9,12,14H,1-4,6,11H2. The average Bonchev–Trinajstić information content (AvgIpc) is 2.71. The summed E-state index contributed by atoms with van der Waals surface area (Å²) in [7, 11) is 0. The van der Waals surface area contributed by atoms with Crippen LogP contribution in [-0.4, -0.2) is 34.6 Å². The van der Waals surface area contributed by atoms with E-state index in [1.807, 2.05) is 0 Å². The Morgan fingerprint density at radius 1 is 1.62 bits per heavy atom. The molecule has 1 aliphatic rings. The Kier molecular flexibility index (Phi) is 3.42. The maximum Gasteiger partial charge on any atom is 0.267 e. The normalized spacial score (nSPS) is 19.9. The molecule has 6 heteroatoms. The molecule has 1 saturated heterocycles. The molecule has 2 rings (SSSR count). The summed E-state index contributed by atoms with van der Waals surface area (Å²) in [4.78, 5) is 11.7. The van der Waals surface area contributed by atoms with E-state index in [9.17, 15) is 9.90 Å². The maximum absolute atomic E-state index is 11.7. The lowest BCUT2D eigenvalue weighted by Crippen LogP contribution is -2.27. The van der Waals surface area contributed by atoms with Gasteiger partial charge in [0.2, 0.25) is 0 Å². The second kappa shape index (κ2) is 4.82. The van der Waals surface area contributed by atoms with Crippen molar-refractivity contribution < 1.29 is 9.84 Å². The summed E-state index contributed by atoms with van der Waals surface area (Å²) >= 11 is 0. The monoisotopic (exact) mass is 227 g/mol. The topological polar surface area (TPSA) is 93.3 Å². The SMILES string of the molecule is NCC(O)c1cc(=O)n(C2CCOCC2)[nH]1. The molecule has 1 aliphatic heterocycles. The lowest BCUT2D eigenvalue weighted by atomic mass is 10.1. The number of aliphatic hydroxyl groups excluding tert-OH is 1. The van der Waals surface area contributed by atoms with Crippen LogP contribution >= 0.6 is 0 Å². The summed E-state index contributed by atoms with van der Waals surface area (Å²) in [6.07, 6.45) is 0.839. The first-order chi connectivity index (χ1) is 7.72. The molecule has 2 heterocycles. The Morgan fingerprint density at radius 3 is 2.94 bits per heavy atom. The number of hydrogen-bond donors (Lipinski definition) is 3. The molecule has 1 atom stereocenters. The number of aliphatic hydroxyl groups is 1. The van der Waals surface area contributed by atoms with Crippen molar-refractivity contribution in [1.82, 2.24) is 9.78 Å². The summed E-state index contributed by atoms with van der Waals surface area (Å²) in [5.41, 5.74) is 5.71. The predicted octanol–water partition coefficient (Wildman–Crippen LogP) is -0.480. The minimum absolute atomic E-state index is 0.105. The van der Waals surface area contributed by atoms with Crippen molar-refractivity contribution in [2.45, 2.75) is 25.0 Å². The summed E-state index contributed by atoms with van der Waals surface area (Å²) in [6.45, 7) is 1.45. The fourth-order valence-electron chi connectivity index (χ4n) is 1.94. The molecule has 1 aromatic rings. The second-order valence-electron chi connectivity index (χ2n) is 4.01. The third-order valence-electron chi connectivity index (χ3n) is 2.90. The van der Waals surface area contributed by atoms with Gasteiger partial charge < -0.3 is 15.6 Å². The van der Waals surface area contributed by atoms with Gasteiger partial charge in [0.05, 0.1) is 11.7 Å². The third kappa shape index (κ3) is 2.18. The third-order valence-corrected chi connectivity index (χ3v) is 2.90. The molecule has 1 fully saturated rings. The fourth-order valence-corrected chi connectivity index (χ4v) is 1.94. The zero-order valence-electron chi connectivity index (χ0n) is 9.06. The molecule has 16 heavy (non-hydrogen) atoms. The van der Waals surface area contributed by atoms with Gasteiger partial charge >= 0.3 is 0 Å². The molecular weight excluding hydrogens is 210 g/mol. The van der Waals surface area contributed by atoms with Gasteiger partial charge in [0.1, 0.15) is 6.10 Å². The quantitative estimate of drug-likeness (QED) is 0.650. The average molecular weight is 227 g/mol. The molecule has 0 amide bonds. The lowest BCUT2D eigenvalue weighted by molar-refractivity contribution is 0.0648. The molecule has 1 aromatic heterocycles. The zero-order valence-corrected chi connectivity index (χ0v) is 9.06.